The maximum Gasteiger partial charge on any atom is 0.343 e. The Morgan fingerprint density at radius 1 is 1.00 bits per heavy atom. The molecule has 0 spiro atoms. The molecule has 0 fully saturated rings. The minimum absolute atomic E-state index is 0.0821. The van der Waals surface area contributed by atoms with E-state index in [1.807, 2.05) is 20.8 Å². The van der Waals surface area contributed by atoms with Crippen LogP contribution < -0.4 is 33.8 Å². The molecule has 0 amide bonds. The first-order chi connectivity index (χ1) is 21.1. The van der Waals surface area contributed by atoms with Crippen LogP contribution >= 0.6 is 11.3 Å². The van der Waals surface area contributed by atoms with Gasteiger partial charge < -0.3 is 28.4 Å². The molecule has 1 atom stereocenters. The molecule has 1 aromatic heterocycles. The van der Waals surface area contributed by atoms with Gasteiger partial charge in [0.2, 0.25) is 0 Å². The van der Waals surface area contributed by atoms with Crippen molar-refractivity contribution in [2.75, 3.05) is 34.0 Å². The molecule has 12 heteroatoms. The zero-order valence-corrected chi connectivity index (χ0v) is 26.6. The van der Waals surface area contributed by atoms with Gasteiger partial charge in [-0.2, -0.15) is 0 Å². The second-order valence-corrected chi connectivity index (χ2v) is 10.9. The summed E-state index contributed by atoms with van der Waals surface area (Å²) in [5, 5.41) is 0. The van der Waals surface area contributed by atoms with Crippen LogP contribution in [0.4, 0.5) is 0 Å². The van der Waals surface area contributed by atoms with Gasteiger partial charge in [-0.25, -0.2) is 14.6 Å². The highest BCUT2D eigenvalue weighted by Gasteiger charge is 2.34. The Hall–Kier alpha value is -4.58. The molecular formula is C32H36N2O9S. The number of thiazole rings is 1. The molecule has 3 aromatic rings. The van der Waals surface area contributed by atoms with Crippen molar-refractivity contribution >= 4 is 29.4 Å². The summed E-state index contributed by atoms with van der Waals surface area (Å²) in [4.78, 5) is 43.9. The number of rotatable bonds is 12. The Bertz CT molecular complexity index is 1750. The number of hydrogen-bond acceptors (Lipinski definition) is 11. The van der Waals surface area contributed by atoms with Crippen LogP contribution in [0.1, 0.15) is 51.8 Å². The molecule has 0 unspecified atom stereocenters. The van der Waals surface area contributed by atoms with E-state index < -0.39 is 18.0 Å². The first-order valence-corrected chi connectivity index (χ1v) is 14.9. The maximum absolute atomic E-state index is 14.0. The zero-order valence-electron chi connectivity index (χ0n) is 25.8. The molecule has 4 rings (SSSR count). The maximum atomic E-state index is 14.0. The average molecular weight is 625 g/mol. The molecule has 0 bridgehead atoms. The lowest BCUT2D eigenvalue weighted by Gasteiger charge is -2.25. The van der Waals surface area contributed by atoms with Gasteiger partial charge in [-0.1, -0.05) is 23.5 Å². The first kappa shape index (κ1) is 32.3. The number of carbonyl (C=O) groups is 2. The van der Waals surface area contributed by atoms with Gasteiger partial charge in [-0.3, -0.25) is 9.36 Å². The third-order valence-corrected chi connectivity index (χ3v) is 7.50. The number of nitrogens with zero attached hydrogens (tertiary/aromatic N) is 2. The summed E-state index contributed by atoms with van der Waals surface area (Å²) in [7, 11) is 2.82. The van der Waals surface area contributed by atoms with Gasteiger partial charge in [-0.15, -0.1) is 0 Å². The van der Waals surface area contributed by atoms with E-state index in [0.29, 0.717) is 55.8 Å². The highest BCUT2D eigenvalue weighted by molar-refractivity contribution is 7.07. The van der Waals surface area contributed by atoms with Crippen molar-refractivity contribution in [2.24, 2.45) is 4.99 Å². The molecule has 44 heavy (non-hydrogen) atoms. The van der Waals surface area contributed by atoms with Crippen LogP contribution in [0.2, 0.25) is 0 Å². The van der Waals surface area contributed by atoms with Crippen molar-refractivity contribution in [3.05, 3.63) is 78.5 Å². The highest BCUT2D eigenvalue weighted by Crippen LogP contribution is 2.36. The normalized spacial score (nSPS) is 14.5. The summed E-state index contributed by atoms with van der Waals surface area (Å²) in [5.41, 5.74) is 1.68. The van der Waals surface area contributed by atoms with Gasteiger partial charge in [0.05, 0.1) is 55.4 Å². The second-order valence-electron chi connectivity index (χ2n) is 9.88. The van der Waals surface area contributed by atoms with Gasteiger partial charge >= 0.3 is 11.9 Å². The van der Waals surface area contributed by atoms with Crippen molar-refractivity contribution in [3.63, 3.8) is 0 Å². The number of allylic oxidation sites excluding steroid dienone is 1. The summed E-state index contributed by atoms with van der Waals surface area (Å²) in [6.45, 7) is 9.36. The smallest absolute Gasteiger partial charge is 0.343 e. The summed E-state index contributed by atoms with van der Waals surface area (Å²) in [5.74, 6) is 0.703. The number of hydrogen-bond donors (Lipinski definition) is 0. The van der Waals surface area contributed by atoms with Gasteiger partial charge in [0.25, 0.3) is 5.56 Å². The van der Waals surface area contributed by atoms with Crippen molar-refractivity contribution in [3.8, 4) is 23.0 Å². The molecule has 2 aromatic carbocycles. The minimum Gasteiger partial charge on any atom is -0.493 e. The Kier molecular flexibility index (Phi) is 10.5. The van der Waals surface area contributed by atoms with E-state index in [4.69, 9.17) is 23.7 Å². The van der Waals surface area contributed by atoms with Crippen LogP contribution in [-0.2, 0) is 19.1 Å². The Balaban J connectivity index is 1.85. The Morgan fingerprint density at radius 2 is 1.75 bits per heavy atom. The van der Waals surface area contributed by atoms with E-state index in [1.54, 1.807) is 56.3 Å². The monoisotopic (exact) mass is 624 g/mol. The lowest BCUT2D eigenvalue weighted by Crippen LogP contribution is -2.40. The van der Waals surface area contributed by atoms with Crippen molar-refractivity contribution in [1.82, 2.24) is 4.57 Å². The van der Waals surface area contributed by atoms with Crippen molar-refractivity contribution < 1.29 is 38.0 Å². The molecule has 2 heterocycles. The van der Waals surface area contributed by atoms with Crippen LogP contribution in [0, 0.1) is 0 Å². The fourth-order valence-electron chi connectivity index (χ4n) is 4.66. The molecule has 0 N–H and O–H groups in total. The van der Waals surface area contributed by atoms with E-state index in [9.17, 15) is 14.4 Å². The molecular weight excluding hydrogens is 588 g/mol. The van der Waals surface area contributed by atoms with Crippen LogP contribution in [0.25, 0.3) is 6.08 Å². The molecule has 0 radical (unpaired) electrons. The third kappa shape index (κ3) is 6.96. The number of esters is 2. The topological polar surface area (TPSA) is 124 Å². The standard InChI is InChI=1S/C32H36N2O9S/c1-8-40-25-14-20(10-12-22(25)42-17-27(35)39-7)15-26-30(36)34-29(21-11-13-23(43-18(3)4)24(16-21)38-6)28(31(37)41-9-2)19(5)33-32(34)44-26/h10-16,18,29H,8-9,17H2,1-7H3/b26-15-/t29-/m1/s1. The van der Waals surface area contributed by atoms with E-state index in [-0.39, 0.29) is 30.5 Å². The van der Waals surface area contributed by atoms with E-state index >= 15 is 0 Å². The number of aromatic nitrogens is 1. The predicted molar refractivity (Wildman–Crippen MR) is 164 cm³/mol. The molecule has 0 saturated heterocycles. The van der Waals surface area contributed by atoms with Gasteiger partial charge in [0.15, 0.2) is 34.4 Å². The Morgan fingerprint density at radius 3 is 2.41 bits per heavy atom. The van der Waals surface area contributed by atoms with E-state index in [2.05, 4.69) is 9.73 Å². The molecule has 0 aliphatic carbocycles. The Labute approximate surface area is 258 Å². The molecule has 11 nitrogen and oxygen atoms in total. The van der Waals surface area contributed by atoms with Crippen LogP contribution in [0.15, 0.2) is 57.5 Å². The van der Waals surface area contributed by atoms with Gasteiger partial charge in [-0.05, 0) is 76.1 Å². The van der Waals surface area contributed by atoms with E-state index in [0.717, 1.165) is 0 Å². The predicted octanol–water partition coefficient (Wildman–Crippen LogP) is 3.54. The summed E-state index contributed by atoms with van der Waals surface area (Å²) < 4.78 is 34.7. The summed E-state index contributed by atoms with van der Waals surface area (Å²) in [6.07, 6.45) is 1.64. The second kappa shape index (κ2) is 14.3. The highest BCUT2D eigenvalue weighted by atomic mass is 32.1. The quantitative estimate of drug-likeness (QED) is 0.278. The molecule has 0 saturated carbocycles. The van der Waals surface area contributed by atoms with Crippen molar-refractivity contribution in [2.45, 2.75) is 46.8 Å². The largest absolute Gasteiger partial charge is 0.493 e. The minimum atomic E-state index is -0.817. The van der Waals surface area contributed by atoms with Crippen LogP contribution in [0.3, 0.4) is 0 Å². The number of methoxy groups -OCH3 is 2. The fourth-order valence-corrected chi connectivity index (χ4v) is 5.71. The third-order valence-electron chi connectivity index (χ3n) is 6.52. The average Bonchev–Trinajstić information content (AvgIpc) is 3.29. The fraction of sp³-hybridized carbons (Fsp3) is 0.375. The van der Waals surface area contributed by atoms with Crippen LogP contribution in [0.5, 0.6) is 23.0 Å². The first-order valence-electron chi connectivity index (χ1n) is 14.1. The zero-order chi connectivity index (χ0) is 32.0. The van der Waals surface area contributed by atoms with Gasteiger partial charge in [0.1, 0.15) is 0 Å². The molecule has 1 aliphatic heterocycles. The summed E-state index contributed by atoms with van der Waals surface area (Å²) >= 11 is 1.20. The molecule has 1 aliphatic rings. The summed E-state index contributed by atoms with van der Waals surface area (Å²) in [6, 6.07) is 9.65. The lowest BCUT2D eigenvalue weighted by molar-refractivity contribution is -0.143. The number of carbonyl (C=O) groups excluding carboxylic acids is 2. The van der Waals surface area contributed by atoms with Crippen molar-refractivity contribution in [1.29, 1.82) is 0 Å². The SMILES string of the molecule is CCOC(=O)C1=C(C)N=c2s/c(=C\c3ccc(OCC(=O)OC)c(OCC)c3)c(=O)n2[C@@H]1c1ccc(OC(C)C)c(OC)c1. The lowest BCUT2D eigenvalue weighted by atomic mass is 9.95. The number of fused-ring (bicyclic) bond motifs is 1. The van der Waals surface area contributed by atoms with E-state index in [1.165, 1.54) is 30.1 Å². The van der Waals surface area contributed by atoms with Crippen LogP contribution in [-0.4, -0.2) is 56.6 Å². The number of ether oxygens (including phenoxy) is 6. The van der Waals surface area contributed by atoms with Gasteiger partial charge in [0, 0.05) is 0 Å². The molecule has 234 valence electrons. The number of benzene rings is 2.